The summed E-state index contributed by atoms with van der Waals surface area (Å²) in [7, 11) is 1.39. The van der Waals surface area contributed by atoms with Crippen LogP contribution in [0.2, 0.25) is 0 Å². The first-order valence-corrected chi connectivity index (χ1v) is 4.61. The lowest BCUT2D eigenvalue weighted by Crippen LogP contribution is -2.10. The van der Waals surface area contributed by atoms with Crippen LogP contribution in [-0.2, 0) is 0 Å². The second-order valence-electron chi connectivity index (χ2n) is 3.33. The Morgan fingerprint density at radius 1 is 1.67 bits per heavy atom. The lowest BCUT2D eigenvalue weighted by atomic mass is 10.4. The third kappa shape index (κ3) is 2.15. The van der Waals surface area contributed by atoms with Gasteiger partial charge in [0.25, 0.3) is 0 Å². The van der Waals surface area contributed by atoms with E-state index < -0.39 is 5.97 Å². The molecule has 0 aromatic carbocycles. The first-order chi connectivity index (χ1) is 7.20. The van der Waals surface area contributed by atoms with Crippen molar-refractivity contribution in [1.29, 1.82) is 0 Å². The van der Waals surface area contributed by atoms with Crippen LogP contribution in [0, 0.1) is 0 Å². The van der Waals surface area contributed by atoms with Crippen LogP contribution in [0.5, 0.6) is 5.75 Å². The van der Waals surface area contributed by atoms with Crippen molar-refractivity contribution >= 4 is 11.9 Å². The number of nitrogens with zero attached hydrogens (tertiary/aromatic N) is 2. The Bertz CT molecular complexity index is 390. The van der Waals surface area contributed by atoms with Gasteiger partial charge in [0.05, 0.1) is 13.3 Å². The molecular formula is C9H11N3O3. The average molecular weight is 209 g/mol. The van der Waals surface area contributed by atoms with Gasteiger partial charge in [-0.25, -0.2) is 14.8 Å². The van der Waals surface area contributed by atoms with Crippen molar-refractivity contribution in [1.82, 2.24) is 9.97 Å². The van der Waals surface area contributed by atoms with Crippen molar-refractivity contribution in [2.45, 2.75) is 18.9 Å². The smallest absolute Gasteiger partial charge is 0.358 e. The average Bonchev–Trinajstić information content (AvgIpc) is 3.01. The van der Waals surface area contributed by atoms with Gasteiger partial charge in [-0.2, -0.15) is 0 Å². The van der Waals surface area contributed by atoms with Crippen LogP contribution in [0.3, 0.4) is 0 Å². The fourth-order valence-corrected chi connectivity index (χ4v) is 1.15. The predicted octanol–water partition coefficient (Wildman–Crippen LogP) is 0.758. The summed E-state index contributed by atoms with van der Waals surface area (Å²) in [5.41, 5.74) is -0.115. The molecule has 1 aliphatic rings. The number of carboxylic acid groups (broad SMARTS) is 1. The summed E-state index contributed by atoms with van der Waals surface area (Å²) < 4.78 is 4.85. The number of carbonyl (C=O) groups is 1. The zero-order valence-corrected chi connectivity index (χ0v) is 8.23. The molecule has 6 heteroatoms. The number of methoxy groups -OCH3 is 1. The maximum Gasteiger partial charge on any atom is 0.358 e. The van der Waals surface area contributed by atoms with Gasteiger partial charge in [-0.3, -0.25) is 0 Å². The van der Waals surface area contributed by atoms with Crippen LogP contribution in [0.25, 0.3) is 0 Å². The van der Waals surface area contributed by atoms with Crippen molar-refractivity contribution < 1.29 is 14.6 Å². The Morgan fingerprint density at radius 2 is 2.40 bits per heavy atom. The second-order valence-corrected chi connectivity index (χ2v) is 3.33. The first-order valence-electron chi connectivity index (χ1n) is 4.61. The molecule has 0 amide bonds. The minimum atomic E-state index is -1.12. The molecule has 1 saturated carbocycles. The van der Waals surface area contributed by atoms with Crippen LogP contribution in [-0.4, -0.2) is 34.2 Å². The lowest BCUT2D eigenvalue weighted by molar-refractivity contribution is 0.0686. The summed E-state index contributed by atoms with van der Waals surface area (Å²) >= 11 is 0. The lowest BCUT2D eigenvalue weighted by Gasteiger charge is -2.06. The second kappa shape index (κ2) is 3.72. The monoisotopic (exact) mass is 209 g/mol. The van der Waals surface area contributed by atoms with E-state index in [0.717, 1.165) is 12.8 Å². The molecule has 0 atom stereocenters. The largest absolute Gasteiger partial charge is 0.493 e. The van der Waals surface area contributed by atoms with Crippen LogP contribution < -0.4 is 10.1 Å². The molecule has 80 valence electrons. The number of rotatable bonds is 4. The molecule has 0 unspecified atom stereocenters. The number of hydrogen-bond acceptors (Lipinski definition) is 5. The van der Waals surface area contributed by atoms with E-state index in [0.29, 0.717) is 12.0 Å². The van der Waals surface area contributed by atoms with E-state index in [1.54, 1.807) is 0 Å². The van der Waals surface area contributed by atoms with Crippen molar-refractivity contribution in [2.75, 3.05) is 12.4 Å². The topological polar surface area (TPSA) is 84.3 Å². The van der Waals surface area contributed by atoms with Crippen LogP contribution in [0.4, 0.5) is 5.95 Å². The van der Waals surface area contributed by atoms with Gasteiger partial charge in [-0.05, 0) is 12.8 Å². The molecule has 1 aromatic heterocycles. The fraction of sp³-hybridized carbons (Fsp3) is 0.444. The Labute approximate surface area is 86.3 Å². The molecule has 15 heavy (non-hydrogen) atoms. The minimum absolute atomic E-state index is 0.115. The molecule has 0 radical (unpaired) electrons. The van der Waals surface area contributed by atoms with Crippen LogP contribution in [0.1, 0.15) is 23.3 Å². The van der Waals surface area contributed by atoms with E-state index in [1.807, 2.05) is 0 Å². The third-order valence-electron chi connectivity index (χ3n) is 2.09. The third-order valence-corrected chi connectivity index (χ3v) is 2.09. The Morgan fingerprint density at radius 3 is 2.93 bits per heavy atom. The van der Waals surface area contributed by atoms with E-state index in [9.17, 15) is 4.79 Å². The van der Waals surface area contributed by atoms with Gasteiger partial charge in [-0.1, -0.05) is 0 Å². The van der Waals surface area contributed by atoms with Crippen molar-refractivity contribution in [3.63, 3.8) is 0 Å². The summed E-state index contributed by atoms with van der Waals surface area (Å²) in [6.07, 6.45) is 3.52. The zero-order chi connectivity index (χ0) is 10.8. The number of aromatic nitrogens is 2. The minimum Gasteiger partial charge on any atom is -0.493 e. The van der Waals surface area contributed by atoms with E-state index in [-0.39, 0.29) is 11.4 Å². The highest BCUT2D eigenvalue weighted by Crippen LogP contribution is 2.24. The summed E-state index contributed by atoms with van der Waals surface area (Å²) in [6.45, 7) is 0. The van der Waals surface area contributed by atoms with Crippen LogP contribution in [0.15, 0.2) is 6.20 Å². The molecule has 1 aromatic rings. The van der Waals surface area contributed by atoms with Gasteiger partial charge in [0.1, 0.15) is 0 Å². The Balaban J connectivity index is 2.26. The molecule has 0 saturated heterocycles. The molecule has 1 fully saturated rings. The predicted molar refractivity (Wildman–Crippen MR) is 52.2 cm³/mol. The molecule has 0 bridgehead atoms. The van der Waals surface area contributed by atoms with Gasteiger partial charge in [0, 0.05) is 6.04 Å². The van der Waals surface area contributed by atoms with E-state index in [1.165, 1.54) is 13.3 Å². The molecule has 1 heterocycles. The first kappa shape index (κ1) is 9.70. The molecule has 0 spiro atoms. The molecule has 2 N–H and O–H groups in total. The van der Waals surface area contributed by atoms with Crippen molar-refractivity contribution in [3.8, 4) is 5.75 Å². The van der Waals surface area contributed by atoms with E-state index in [4.69, 9.17) is 9.84 Å². The van der Waals surface area contributed by atoms with Gasteiger partial charge < -0.3 is 15.2 Å². The molecule has 1 aliphatic carbocycles. The highest BCUT2D eigenvalue weighted by molar-refractivity contribution is 5.88. The highest BCUT2D eigenvalue weighted by Gasteiger charge is 2.23. The number of hydrogen-bond donors (Lipinski definition) is 2. The molecule has 2 rings (SSSR count). The van der Waals surface area contributed by atoms with Gasteiger partial charge in [0.2, 0.25) is 5.95 Å². The summed E-state index contributed by atoms with van der Waals surface area (Å²) in [4.78, 5) is 18.7. The summed E-state index contributed by atoms with van der Waals surface area (Å²) in [6, 6.07) is 0.389. The van der Waals surface area contributed by atoms with Gasteiger partial charge >= 0.3 is 5.97 Å². The maximum atomic E-state index is 10.8. The summed E-state index contributed by atoms with van der Waals surface area (Å²) in [5.74, 6) is -0.604. The maximum absolute atomic E-state index is 10.8. The van der Waals surface area contributed by atoms with Crippen LogP contribution >= 0.6 is 0 Å². The fourth-order valence-electron chi connectivity index (χ4n) is 1.15. The molecule has 6 nitrogen and oxygen atoms in total. The number of ether oxygens (including phenoxy) is 1. The quantitative estimate of drug-likeness (QED) is 0.761. The summed E-state index contributed by atoms with van der Waals surface area (Å²) in [5, 5.41) is 11.9. The van der Waals surface area contributed by atoms with E-state index in [2.05, 4.69) is 15.3 Å². The zero-order valence-electron chi connectivity index (χ0n) is 8.23. The standard InChI is InChI=1S/C9H11N3O3/c1-15-6-4-10-9(11-5-2-3-5)12-7(6)8(13)14/h4-5H,2-3H2,1H3,(H,13,14)(H,10,11,12). The number of aromatic carboxylic acids is 1. The Kier molecular flexibility index (Phi) is 2.40. The van der Waals surface area contributed by atoms with Gasteiger partial charge in [-0.15, -0.1) is 0 Å². The molecule has 0 aliphatic heterocycles. The van der Waals surface area contributed by atoms with Crippen molar-refractivity contribution in [3.05, 3.63) is 11.9 Å². The van der Waals surface area contributed by atoms with Gasteiger partial charge in [0.15, 0.2) is 11.4 Å². The van der Waals surface area contributed by atoms with Crippen molar-refractivity contribution in [2.24, 2.45) is 0 Å². The number of carboxylic acids is 1. The normalized spacial score (nSPS) is 14.7. The number of nitrogens with one attached hydrogen (secondary N) is 1. The number of anilines is 1. The SMILES string of the molecule is COc1cnc(NC2CC2)nc1C(=O)O. The highest BCUT2D eigenvalue weighted by atomic mass is 16.5. The Hall–Kier alpha value is -1.85. The molecular weight excluding hydrogens is 198 g/mol. The van der Waals surface area contributed by atoms with E-state index >= 15 is 0 Å².